The number of hydrogen-bond donors (Lipinski definition) is 2. The van der Waals surface area contributed by atoms with Gasteiger partial charge in [-0.15, -0.1) is 0 Å². The molecule has 0 bridgehead atoms. The van der Waals surface area contributed by atoms with Gasteiger partial charge < -0.3 is 5.73 Å². The lowest BCUT2D eigenvalue weighted by molar-refractivity contribution is 1.28. The second-order valence-electron chi connectivity index (χ2n) is 4.18. The van der Waals surface area contributed by atoms with Crippen LogP contribution in [0.2, 0.25) is 0 Å². The molecule has 94 valence electrons. The molecule has 18 heavy (non-hydrogen) atoms. The van der Waals surface area contributed by atoms with Crippen molar-refractivity contribution in [2.45, 2.75) is 20.8 Å². The molecule has 0 spiro atoms. The van der Waals surface area contributed by atoms with E-state index < -0.39 is 0 Å². The molecular formula is C13H16N4S. The quantitative estimate of drug-likeness (QED) is 0.658. The van der Waals surface area contributed by atoms with Gasteiger partial charge in [0.05, 0.1) is 22.7 Å². The highest BCUT2D eigenvalue weighted by Gasteiger charge is 2.10. The maximum Gasteiger partial charge on any atom is 0.116 e. The lowest BCUT2D eigenvalue weighted by atomic mass is 10.2. The summed E-state index contributed by atoms with van der Waals surface area (Å²) < 4.78 is 4.21. The van der Waals surface area contributed by atoms with Crippen molar-refractivity contribution >= 4 is 27.9 Å². The molecule has 0 radical (unpaired) electrons. The lowest BCUT2D eigenvalue weighted by Crippen LogP contribution is -2.03. The minimum atomic E-state index is 0.708. The largest absolute Gasteiger partial charge is 0.389 e. The lowest BCUT2D eigenvalue weighted by Gasteiger charge is -2.04. The summed E-state index contributed by atoms with van der Waals surface area (Å²) in [4.78, 5) is 0. The van der Waals surface area contributed by atoms with Crippen LogP contribution in [0.3, 0.4) is 0 Å². The van der Waals surface area contributed by atoms with Crippen LogP contribution >= 0.6 is 11.5 Å². The van der Waals surface area contributed by atoms with Crippen molar-refractivity contribution in [1.82, 2.24) is 4.37 Å². The molecule has 0 unspecified atom stereocenters. The van der Waals surface area contributed by atoms with E-state index in [1.54, 1.807) is 0 Å². The second kappa shape index (κ2) is 5.18. The van der Waals surface area contributed by atoms with Crippen LogP contribution in [0.25, 0.3) is 0 Å². The smallest absolute Gasteiger partial charge is 0.116 e. The van der Waals surface area contributed by atoms with Gasteiger partial charge >= 0.3 is 0 Å². The molecule has 0 aliphatic heterocycles. The van der Waals surface area contributed by atoms with Crippen molar-refractivity contribution in [3.8, 4) is 0 Å². The summed E-state index contributed by atoms with van der Waals surface area (Å²) in [6.45, 7) is 5.92. The number of nitrogen functional groups attached to an aromatic ring is 1. The Kier molecular flexibility index (Phi) is 3.62. The highest BCUT2D eigenvalue weighted by atomic mass is 32.1. The standard InChI is InChI=1S/C13H16N4S/c1-8-4-6-11(7-5-8)16-15-9(2)12-10(3)17-18-13(12)14/h4-7,16H,14H2,1-3H3/b15-9-. The van der Waals surface area contributed by atoms with E-state index in [-0.39, 0.29) is 0 Å². The first-order valence-corrected chi connectivity index (χ1v) is 6.44. The van der Waals surface area contributed by atoms with Crippen molar-refractivity contribution in [2.24, 2.45) is 5.10 Å². The Hall–Kier alpha value is -1.88. The van der Waals surface area contributed by atoms with E-state index >= 15 is 0 Å². The Morgan fingerprint density at radius 2 is 1.94 bits per heavy atom. The molecule has 0 fully saturated rings. The van der Waals surface area contributed by atoms with Gasteiger partial charge in [-0.2, -0.15) is 9.47 Å². The minimum absolute atomic E-state index is 0.708. The predicted octanol–water partition coefficient (Wildman–Crippen LogP) is 3.18. The number of hydrazone groups is 1. The number of aromatic nitrogens is 1. The summed E-state index contributed by atoms with van der Waals surface area (Å²) in [6, 6.07) is 8.07. The van der Waals surface area contributed by atoms with Crippen LogP contribution in [-0.2, 0) is 0 Å². The van der Waals surface area contributed by atoms with Crippen molar-refractivity contribution in [3.05, 3.63) is 41.1 Å². The zero-order chi connectivity index (χ0) is 13.1. The minimum Gasteiger partial charge on any atom is -0.389 e. The molecule has 1 aromatic carbocycles. The van der Waals surface area contributed by atoms with Gasteiger partial charge in [0.15, 0.2) is 0 Å². The molecule has 0 saturated heterocycles. The fourth-order valence-corrected chi connectivity index (χ4v) is 2.37. The van der Waals surface area contributed by atoms with Gasteiger partial charge in [-0.25, -0.2) is 0 Å². The van der Waals surface area contributed by atoms with E-state index in [9.17, 15) is 0 Å². The summed E-state index contributed by atoms with van der Waals surface area (Å²) in [5, 5.41) is 5.05. The summed E-state index contributed by atoms with van der Waals surface area (Å²) in [6.07, 6.45) is 0. The van der Waals surface area contributed by atoms with Crippen LogP contribution < -0.4 is 11.2 Å². The fraction of sp³-hybridized carbons (Fsp3) is 0.231. The first kappa shape index (κ1) is 12.6. The summed E-state index contributed by atoms with van der Waals surface area (Å²) in [7, 11) is 0. The molecule has 3 N–H and O–H groups in total. The average molecular weight is 260 g/mol. The van der Waals surface area contributed by atoms with E-state index in [1.165, 1.54) is 17.1 Å². The van der Waals surface area contributed by atoms with Crippen molar-refractivity contribution < 1.29 is 0 Å². The Morgan fingerprint density at radius 1 is 1.28 bits per heavy atom. The third kappa shape index (κ3) is 2.68. The molecule has 0 amide bonds. The van der Waals surface area contributed by atoms with Gasteiger partial charge in [-0.3, -0.25) is 5.43 Å². The predicted molar refractivity (Wildman–Crippen MR) is 78.3 cm³/mol. The van der Waals surface area contributed by atoms with Crippen LogP contribution in [-0.4, -0.2) is 10.1 Å². The van der Waals surface area contributed by atoms with Crippen molar-refractivity contribution in [2.75, 3.05) is 11.2 Å². The fourth-order valence-electron chi connectivity index (χ4n) is 1.66. The van der Waals surface area contributed by atoms with E-state index in [0.717, 1.165) is 22.7 Å². The van der Waals surface area contributed by atoms with Gasteiger partial charge in [0.2, 0.25) is 0 Å². The highest BCUT2D eigenvalue weighted by Crippen LogP contribution is 2.21. The van der Waals surface area contributed by atoms with Crippen LogP contribution in [0.5, 0.6) is 0 Å². The normalized spacial score (nSPS) is 11.6. The van der Waals surface area contributed by atoms with Crippen molar-refractivity contribution in [3.63, 3.8) is 0 Å². The second-order valence-corrected chi connectivity index (χ2v) is 4.99. The Balaban J connectivity index is 2.17. The molecule has 2 rings (SSSR count). The van der Waals surface area contributed by atoms with Gasteiger partial charge in [0.25, 0.3) is 0 Å². The maximum atomic E-state index is 5.88. The molecular weight excluding hydrogens is 244 g/mol. The average Bonchev–Trinajstić information content (AvgIpc) is 2.68. The van der Waals surface area contributed by atoms with E-state index in [0.29, 0.717) is 5.00 Å². The van der Waals surface area contributed by atoms with Crippen molar-refractivity contribution in [1.29, 1.82) is 0 Å². The number of nitrogens with one attached hydrogen (secondary N) is 1. The van der Waals surface area contributed by atoms with E-state index in [4.69, 9.17) is 5.73 Å². The van der Waals surface area contributed by atoms with Crippen LogP contribution in [0, 0.1) is 13.8 Å². The zero-order valence-corrected chi connectivity index (χ0v) is 11.5. The number of aryl methyl sites for hydroxylation is 2. The Morgan fingerprint density at radius 3 is 2.50 bits per heavy atom. The molecule has 1 heterocycles. The molecule has 4 nitrogen and oxygen atoms in total. The number of nitrogens with zero attached hydrogens (tertiary/aromatic N) is 2. The SMILES string of the molecule is C/C(=N/Nc1ccc(C)cc1)c1c(C)nsc1N. The summed E-state index contributed by atoms with van der Waals surface area (Å²) >= 11 is 1.30. The van der Waals surface area contributed by atoms with Gasteiger partial charge in [0, 0.05) is 0 Å². The maximum absolute atomic E-state index is 5.88. The molecule has 2 aromatic rings. The Labute approximate surface area is 111 Å². The first-order chi connectivity index (χ1) is 8.58. The molecule has 5 heteroatoms. The highest BCUT2D eigenvalue weighted by molar-refractivity contribution is 7.10. The molecule has 0 atom stereocenters. The molecule has 1 aromatic heterocycles. The van der Waals surface area contributed by atoms with Gasteiger partial charge in [-0.1, -0.05) is 17.7 Å². The monoisotopic (exact) mass is 260 g/mol. The number of nitrogens with two attached hydrogens (primary N) is 1. The van der Waals surface area contributed by atoms with E-state index in [2.05, 4.69) is 21.8 Å². The number of rotatable bonds is 3. The third-order valence-electron chi connectivity index (χ3n) is 2.66. The number of anilines is 2. The van der Waals surface area contributed by atoms with Crippen LogP contribution in [0.4, 0.5) is 10.7 Å². The molecule has 0 aliphatic carbocycles. The van der Waals surface area contributed by atoms with Crippen LogP contribution in [0.15, 0.2) is 29.4 Å². The Bertz CT molecular complexity index is 550. The third-order valence-corrected chi connectivity index (χ3v) is 3.42. The first-order valence-electron chi connectivity index (χ1n) is 5.67. The summed E-state index contributed by atoms with van der Waals surface area (Å²) in [5.74, 6) is 0. The number of benzene rings is 1. The van der Waals surface area contributed by atoms with Crippen LogP contribution in [0.1, 0.15) is 23.7 Å². The number of hydrogen-bond acceptors (Lipinski definition) is 5. The summed E-state index contributed by atoms with van der Waals surface area (Å²) in [5.41, 5.74) is 13.8. The van der Waals surface area contributed by atoms with E-state index in [1.807, 2.05) is 38.1 Å². The zero-order valence-electron chi connectivity index (χ0n) is 10.7. The molecule has 0 aliphatic rings. The molecule has 0 saturated carbocycles. The topological polar surface area (TPSA) is 63.3 Å². The van der Waals surface area contributed by atoms with Gasteiger partial charge in [0.1, 0.15) is 5.00 Å². The van der Waals surface area contributed by atoms with Gasteiger partial charge in [-0.05, 0) is 44.4 Å².